The summed E-state index contributed by atoms with van der Waals surface area (Å²) in [5.41, 5.74) is 3.66. The Kier molecular flexibility index (Phi) is 12.5. The minimum atomic E-state index is -0.406. The number of nitrogens with zero attached hydrogens (tertiary/aromatic N) is 2. The van der Waals surface area contributed by atoms with E-state index in [1.165, 1.54) is 16.3 Å². The summed E-state index contributed by atoms with van der Waals surface area (Å²) in [4.78, 5) is 41.4. The van der Waals surface area contributed by atoms with Crippen LogP contribution in [0.5, 0.6) is 0 Å². The average molecular weight is 726 g/mol. The number of hydrogen-bond acceptors (Lipinski definition) is 5. The number of benzene rings is 4. The Morgan fingerprint density at radius 1 is 0.704 bits per heavy atom. The van der Waals surface area contributed by atoms with E-state index < -0.39 is 5.91 Å². The molecule has 0 saturated heterocycles. The molecule has 3 N–H and O–H groups in total. The van der Waals surface area contributed by atoms with E-state index in [0.29, 0.717) is 19.1 Å². The van der Waals surface area contributed by atoms with Crippen LogP contribution in [-0.2, 0) is 35.6 Å². The molecule has 280 valence electrons. The molecule has 7 rings (SSSR count). The molecule has 1 heterocycles. The van der Waals surface area contributed by atoms with Crippen LogP contribution < -0.4 is 16.0 Å². The molecule has 0 unspecified atom stereocenters. The quantitative estimate of drug-likeness (QED) is 0.110. The van der Waals surface area contributed by atoms with E-state index in [9.17, 15) is 14.4 Å². The monoisotopic (exact) mass is 725 g/mol. The van der Waals surface area contributed by atoms with Gasteiger partial charge in [-0.15, -0.1) is 0 Å². The summed E-state index contributed by atoms with van der Waals surface area (Å²) in [5.74, 6) is -0.656. The van der Waals surface area contributed by atoms with Gasteiger partial charge in [0.05, 0.1) is 18.8 Å². The van der Waals surface area contributed by atoms with Crippen molar-refractivity contribution in [1.29, 1.82) is 0 Å². The Labute approximate surface area is 317 Å². The SMILES string of the molecule is O=C(Cn1nc(C(=O)NCc2cccc3ccccc23)cc1C(=O)N[C@H]1CCCC[C@@H]1CCc1ccccc1)N[C@H]1CCCC[C@@H]1OCc1ccccc1. The number of rotatable bonds is 14. The number of carbonyl (C=O) groups excluding carboxylic acids is 3. The van der Waals surface area contributed by atoms with E-state index >= 15 is 0 Å². The molecule has 0 spiro atoms. The zero-order chi connectivity index (χ0) is 37.1. The van der Waals surface area contributed by atoms with Gasteiger partial charge < -0.3 is 20.7 Å². The number of ether oxygens (including phenoxy) is 1. The molecule has 0 bridgehead atoms. The standard InChI is InChI=1S/C45H51N5O4/c51-43(47-39-24-11-12-25-42(39)54-31-33-16-5-2-6-17-33)30-50-41(45(53)48-38-23-10-8-19-35(38)27-26-32-14-3-1-4-15-32)28-40(49-50)44(52)46-29-36-21-13-20-34-18-7-9-22-37(34)36/h1-7,9,13-18,20-22,28,35,38-39,42H,8,10-12,19,23-27,29-31H2,(H,46,52)(H,47,51)(H,48,53)/t35-,38+,39+,42+/m1/s1. The first-order chi connectivity index (χ1) is 26.5. The lowest BCUT2D eigenvalue weighted by Gasteiger charge is -2.32. The van der Waals surface area contributed by atoms with Crippen LogP contribution in [0.2, 0.25) is 0 Å². The fourth-order valence-corrected chi connectivity index (χ4v) is 8.15. The highest BCUT2D eigenvalue weighted by Gasteiger charge is 2.31. The van der Waals surface area contributed by atoms with Gasteiger partial charge in [-0.05, 0) is 71.9 Å². The fourth-order valence-electron chi connectivity index (χ4n) is 8.15. The van der Waals surface area contributed by atoms with Crippen molar-refractivity contribution in [1.82, 2.24) is 25.7 Å². The second kappa shape index (κ2) is 18.2. The van der Waals surface area contributed by atoms with E-state index in [2.05, 4.69) is 45.3 Å². The molecule has 1 aromatic heterocycles. The van der Waals surface area contributed by atoms with Crippen LogP contribution in [0.15, 0.2) is 109 Å². The number of aromatic nitrogens is 2. The van der Waals surface area contributed by atoms with Crippen molar-refractivity contribution in [3.63, 3.8) is 0 Å². The molecule has 2 fully saturated rings. The maximum atomic E-state index is 14.1. The fraction of sp³-hybridized carbons (Fsp3) is 0.378. The van der Waals surface area contributed by atoms with Gasteiger partial charge in [-0.1, -0.05) is 129 Å². The van der Waals surface area contributed by atoms with Gasteiger partial charge in [0.25, 0.3) is 11.8 Å². The molecule has 9 heteroatoms. The van der Waals surface area contributed by atoms with Gasteiger partial charge in [-0.2, -0.15) is 5.10 Å². The summed E-state index contributed by atoms with van der Waals surface area (Å²) in [5, 5.41) is 16.2. The Balaban J connectivity index is 1.06. The highest BCUT2D eigenvalue weighted by atomic mass is 16.5. The van der Waals surface area contributed by atoms with Crippen LogP contribution >= 0.6 is 0 Å². The van der Waals surface area contributed by atoms with E-state index in [1.54, 1.807) is 0 Å². The minimum absolute atomic E-state index is 0.000498. The average Bonchev–Trinajstić information content (AvgIpc) is 3.64. The molecule has 2 saturated carbocycles. The van der Waals surface area contributed by atoms with Crippen molar-refractivity contribution < 1.29 is 19.1 Å². The number of fused-ring (bicyclic) bond motifs is 1. The molecule has 2 aliphatic rings. The maximum absolute atomic E-state index is 14.1. The molecule has 3 amide bonds. The minimum Gasteiger partial charge on any atom is -0.371 e. The van der Waals surface area contributed by atoms with Crippen molar-refractivity contribution in [2.75, 3.05) is 0 Å². The van der Waals surface area contributed by atoms with Gasteiger partial charge in [0.2, 0.25) is 5.91 Å². The van der Waals surface area contributed by atoms with Crippen LogP contribution in [0.25, 0.3) is 10.8 Å². The van der Waals surface area contributed by atoms with Crippen molar-refractivity contribution in [3.8, 4) is 0 Å². The molecule has 0 aliphatic heterocycles. The molecule has 0 radical (unpaired) electrons. The lowest BCUT2D eigenvalue weighted by Crippen LogP contribution is -2.47. The van der Waals surface area contributed by atoms with Crippen molar-refractivity contribution in [2.24, 2.45) is 5.92 Å². The first-order valence-corrected chi connectivity index (χ1v) is 19.6. The lowest BCUT2D eigenvalue weighted by atomic mass is 9.81. The molecular formula is C45H51N5O4. The smallest absolute Gasteiger partial charge is 0.272 e. The molecular weight excluding hydrogens is 675 g/mol. The summed E-state index contributed by atoms with van der Waals surface area (Å²) in [7, 11) is 0. The zero-order valence-electron chi connectivity index (χ0n) is 30.9. The number of aryl methyl sites for hydroxylation is 1. The third-order valence-electron chi connectivity index (χ3n) is 11.1. The van der Waals surface area contributed by atoms with E-state index in [-0.39, 0.29) is 47.9 Å². The topological polar surface area (TPSA) is 114 Å². The molecule has 9 nitrogen and oxygen atoms in total. The van der Waals surface area contributed by atoms with Gasteiger partial charge in [0.1, 0.15) is 12.2 Å². The highest BCUT2D eigenvalue weighted by Crippen LogP contribution is 2.29. The zero-order valence-corrected chi connectivity index (χ0v) is 30.9. The summed E-state index contributed by atoms with van der Waals surface area (Å²) in [6, 6.07) is 35.9. The number of nitrogens with one attached hydrogen (secondary N) is 3. The first kappa shape index (κ1) is 37.1. The van der Waals surface area contributed by atoms with Crippen LogP contribution in [0.4, 0.5) is 0 Å². The normalized spacial score (nSPS) is 19.9. The van der Waals surface area contributed by atoms with Crippen LogP contribution in [-0.4, -0.2) is 45.7 Å². The predicted octanol–water partition coefficient (Wildman–Crippen LogP) is 7.53. The van der Waals surface area contributed by atoms with Crippen molar-refractivity contribution in [2.45, 2.75) is 102 Å². The summed E-state index contributed by atoms with van der Waals surface area (Å²) in [6.45, 7) is 0.585. The van der Waals surface area contributed by atoms with Crippen LogP contribution in [0, 0.1) is 5.92 Å². The Morgan fingerprint density at radius 2 is 1.39 bits per heavy atom. The number of amides is 3. The lowest BCUT2D eigenvalue weighted by molar-refractivity contribution is -0.124. The first-order valence-electron chi connectivity index (χ1n) is 19.6. The van der Waals surface area contributed by atoms with Gasteiger partial charge in [-0.3, -0.25) is 14.4 Å². The third-order valence-corrected chi connectivity index (χ3v) is 11.1. The van der Waals surface area contributed by atoms with Crippen molar-refractivity contribution in [3.05, 3.63) is 137 Å². The van der Waals surface area contributed by atoms with E-state index in [4.69, 9.17) is 4.74 Å². The predicted molar refractivity (Wildman–Crippen MR) is 211 cm³/mol. The Hall–Kier alpha value is -5.28. The Morgan fingerprint density at radius 3 is 2.20 bits per heavy atom. The van der Waals surface area contributed by atoms with E-state index in [1.807, 2.05) is 78.9 Å². The highest BCUT2D eigenvalue weighted by molar-refractivity contribution is 5.98. The summed E-state index contributed by atoms with van der Waals surface area (Å²) < 4.78 is 7.70. The Bertz CT molecular complexity index is 2010. The second-order valence-electron chi connectivity index (χ2n) is 14.8. The van der Waals surface area contributed by atoms with Gasteiger partial charge >= 0.3 is 0 Å². The summed E-state index contributed by atoms with van der Waals surface area (Å²) in [6.07, 6.45) is 9.67. The summed E-state index contributed by atoms with van der Waals surface area (Å²) >= 11 is 0. The van der Waals surface area contributed by atoms with Crippen molar-refractivity contribution >= 4 is 28.5 Å². The molecule has 5 aromatic rings. The molecule has 4 atom stereocenters. The third kappa shape index (κ3) is 9.63. The second-order valence-corrected chi connectivity index (χ2v) is 14.8. The van der Waals surface area contributed by atoms with E-state index in [0.717, 1.165) is 86.1 Å². The molecule has 54 heavy (non-hydrogen) atoms. The van der Waals surface area contributed by atoms with Gasteiger partial charge in [0.15, 0.2) is 5.69 Å². The molecule has 4 aromatic carbocycles. The molecule has 2 aliphatic carbocycles. The number of carbonyl (C=O) groups is 3. The van der Waals surface area contributed by atoms with Crippen LogP contribution in [0.1, 0.15) is 95.5 Å². The van der Waals surface area contributed by atoms with Gasteiger partial charge in [0, 0.05) is 18.7 Å². The number of hydrogen-bond donors (Lipinski definition) is 3. The van der Waals surface area contributed by atoms with Gasteiger partial charge in [-0.25, -0.2) is 4.68 Å². The van der Waals surface area contributed by atoms with Crippen LogP contribution in [0.3, 0.4) is 0 Å². The maximum Gasteiger partial charge on any atom is 0.272 e. The largest absolute Gasteiger partial charge is 0.371 e.